The summed E-state index contributed by atoms with van der Waals surface area (Å²) >= 11 is 0. The van der Waals surface area contributed by atoms with Gasteiger partial charge in [0.05, 0.1) is 13.0 Å². The number of benzene rings is 1. The molecule has 1 aromatic carbocycles. The minimum Gasteiger partial charge on any atom is -0.381 e. The highest BCUT2D eigenvalue weighted by Gasteiger charge is 2.19. The van der Waals surface area contributed by atoms with Gasteiger partial charge in [-0.3, -0.25) is 9.69 Å². The molecule has 0 spiro atoms. The summed E-state index contributed by atoms with van der Waals surface area (Å²) < 4.78 is 5.25. The van der Waals surface area contributed by atoms with Crippen LogP contribution < -0.4 is 5.32 Å². The molecule has 4 heteroatoms. The molecule has 23 heavy (non-hydrogen) atoms. The first-order valence-electron chi connectivity index (χ1n) is 8.86. The van der Waals surface area contributed by atoms with Crippen molar-refractivity contribution in [1.29, 1.82) is 0 Å². The lowest BCUT2D eigenvalue weighted by atomic mass is 9.94. The maximum absolute atomic E-state index is 12.0. The van der Waals surface area contributed by atoms with E-state index in [0.717, 1.165) is 12.2 Å². The molecule has 1 N–H and O–H groups in total. The Hall–Kier alpha value is -1.39. The van der Waals surface area contributed by atoms with E-state index in [-0.39, 0.29) is 5.91 Å². The SMILES string of the molecule is CCOCCC(=O)Nc1ccccc1CN(C)C1CCCCC1. The fraction of sp³-hybridized carbons (Fsp3) is 0.632. The summed E-state index contributed by atoms with van der Waals surface area (Å²) in [6.45, 7) is 3.95. The van der Waals surface area contributed by atoms with Gasteiger partial charge in [-0.15, -0.1) is 0 Å². The highest BCUT2D eigenvalue weighted by Crippen LogP contribution is 2.24. The first kappa shape index (κ1) is 18.0. The Morgan fingerprint density at radius 3 is 2.74 bits per heavy atom. The van der Waals surface area contributed by atoms with Crippen LogP contribution in [0.2, 0.25) is 0 Å². The standard InChI is InChI=1S/C19H30N2O2/c1-3-23-14-13-19(22)20-18-12-8-7-9-16(18)15-21(2)17-10-5-4-6-11-17/h7-9,12,17H,3-6,10-11,13-15H2,1-2H3,(H,20,22). The Morgan fingerprint density at radius 1 is 1.26 bits per heavy atom. The molecule has 4 nitrogen and oxygen atoms in total. The predicted molar refractivity (Wildman–Crippen MR) is 94.5 cm³/mol. The molecule has 1 aromatic rings. The first-order valence-corrected chi connectivity index (χ1v) is 8.86. The number of nitrogens with zero attached hydrogens (tertiary/aromatic N) is 1. The van der Waals surface area contributed by atoms with Gasteiger partial charge in [-0.1, -0.05) is 37.5 Å². The highest BCUT2D eigenvalue weighted by atomic mass is 16.5. The number of rotatable bonds is 8. The maximum atomic E-state index is 12.0. The van der Waals surface area contributed by atoms with Crippen LogP contribution in [0, 0.1) is 0 Å². The number of carbonyl (C=O) groups excluding carboxylic acids is 1. The summed E-state index contributed by atoms with van der Waals surface area (Å²) in [5, 5.41) is 3.03. The second-order valence-electron chi connectivity index (χ2n) is 6.36. The van der Waals surface area contributed by atoms with Gasteiger partial charge >= 0.3 is 0 Å². The van der Waals surface area contributed by atoms with Crippen LogP contribution in [0.1, 0.15) is 51.0 Å². The molecule has 0 heterocycles. The molecule has 0 atom stereocenters. The molecule has 128 valence electrons. The topological polar surface area (TPSA) is 41.6 Å². The molecule has 0 aliphatic heterocycles. The van der Waals surface area contributed by atoms with Crippen molar-refractivity contribution in [3.63, 3.8) is 0 Å². The Kier molecular flexibility index (Phi) is 7.56. The van der Waals surface area contributed by atoms with Crippen molar-refractivity contribution in [3.8, 4) is 0 Å². The van der Waals surface area contributed by atoms with E-state index in [4.69, 9.17) is 4.74 Å². The number of hydrogen-bond donors (Lipinski definition) is 1. The number of hydrogen-bond acceptors (Lipinski definition) is 3. The van der Waals surface area contributed by atoms with Crippen LogP contribution >= 0.6 is 0 Å². The summed E-state index contributed by atoms with van der Waals surface area (Å²) in [4.78, 5) is 14.5. The number of para-hydroxylation sites is 1. The lowest BCUT2D eigenvalue weighted by Gasteiger charge is -2.31. The smallest absolute Gasteiger partial charge is 0.226 e. The first-order chi connectivity index (χ1) is 11.2. The van der Waals surface area contributed by atoms with Crippen molar-refractivity contribution < 1.29 is 9.53 Å². The van der Waals surface area contributed by atoms with Gasteiger partial charge in [0.1, 0.15) is 0 Å². The fourth-order valence-corrected chi connectivity index (χ4v) is 3.22. The molecule has 0 unspecified atom stereocenters. The molecule has 1 aliphatic carbocycles. The van der Waals surface area contributed by atoms with Crippen LogP contribution in [0.3, 0.4) is 0 Å². The molecular weight excluding hydrogens is 288 g/mol. The minimum atomic E-state index is 0.0196. The van der Waals surface area contributed by atoms with Crippen LogP contribution in [0.25, 0.3) is 0 Å². The van der Waals surface area contributed by atoms with Gasteiger partial charge in [0.2, 0.25) is 5.91 Å². The number of amides is 1. The average Bonchev–Trinajstić information content (AvgIpc) is 2.57. The zero-order chi connectivity index (χ0) is 16.5. The molecule has 0 bridgehead atoms. The molecular formula is C19H30N2O2. The maximum Gasteiger partial charge on any atom is 0.226 e. The Bertz CT molecular complexity index is 484. The van der Waals surface area contributed by atoms with Gasteiger partial charge < -0.3 is 10.1 Å². The number of nitrogens with one attached hydrogen (secondary N) is 1. The quantitative estimate of drug-likeness (QED) is 0.741. The lowest BCUT2D eigenvalue weighted by Crippen LogP contribution is -2.33. The van der Waals surface area contributed by atoms with E-state index in [1.807, 2.05) is 25.1 Å². The van der Waals surface area contributed by atoms with Gasteiger partial charge in [0, 0.05) is 24.9 Å². The van der Waals surface area contributed by atoms with E-state index in [1.54, 1.807) is 0 Å². The van der Waals surface area contributed by atoms with Crippen LogP contribution in [0.4, 0.5) is 5.69 Å². The lowest BCUT2D eigenvalue weighted by molar-refractivity contribution is -0.117. The summed E-state index contributed by atoms with van der Waals surface area (Å²) in [7, 11) is 2.20. The zero-order valence-corrected chi connectivity index (χ0v) is 14.5. The van der Waals surface area contributed by atoms with Gasteiger partial charge in [-0.25, -0.2) is 0 Å². The van der Waals surface area contributed by atoms with Gasteiger partial charge in [0.15, 0.2) is 0 Å². The molecule has 1 fully saturated rings. The minimum absolute atomic E-state index is 0.0196. The number of carbonyl (C=O) groups is 1. The van der Waals surface area contributed by atoms with E-state index in [2.05, 4.69) is 23.3 Å². The number of ether oxygens (including phenoxy) is 1. The second kappa shape index (κ2) is 9.68. The molecule has 0 radical (unpaired) electrons. The average molecular weight is 318 g/mol. The molecule has 1 aliphatic rings. The Balaban J connectivity index is 1.92. The summed E-state index contributed by atoms with van der Waals surface area (Å²) in [5.41, 5.74) is 2.11. The van der Waals surface area contributed by atoms with E-state index >= 15 is 0 Å². The molecule has 1 saturated carbocycles. The van der Waals surface area contributed by atoms with Gasteiger partial charge in [-0.05, 0) is 38.4 Å². The van der Waals surface area contributed by atoms with Crippen LogP contribution in [-0.4, -0.2) is 37.1 Å². The Labute approximate surface area is 140 Å². The largest absolute Gasteiger partial charge is 0.381 e. The molecule has 0 saturated heterocycles. The van der Waals surface area contributed by atoms with E-state index in [0.29, 0.717) is 25.7 Å². The summed E-state index contributed by atoms with van der Waals surface area (Å²) in [6, 6.07) is 8.79. The van der Waals surface area contributed by atoms with Crippen molar-refractivity contribution in [2.45, 2.75) is 58.0 Å². The van der Waals surface area contributed by atoms with Crippen molar-refractivity contribution in [2.75, 3.05) is 25.6 Å². The second-order valence-corrected chi connectivity index (χ2v) is 6.36. The zero-order valence-electron chi connectivity index (χ0n) is 14.5. The molecule has 1 amide bonds. The van der Waals surface area contributed by atoms with Crippen LogP contribution in [-0.2, 0) is 16.1 Å². The molecule has 0 aromatic heterocycles. The normalized spacial score (nSPS) is 15.8. The predicted octanol–water partition coefficient (Wildman–Crippen LogP) is 3.82. The Morgan fingerprint density at radius 2 is 2.00 bits per heavy atom. The van der Waals surface area contributed by atoms with Crippen molar-refractivity contribution in [2.24, 2.45) is 0 Å². The van der Waals surface area contributed by atoms with E-state index in [9.17, 15) is 4.79 Å². The monoisotopic (exact) mass is 318 g/mol. The van der Waals surface area contributed by atoms with Crippen molar-refractivity contribution in [1.82, 2.24) is 4.90 Å². The van der Waals surface area contributed by atoms with E-state index in [1.165, 1.54) is 37.7 Å². The number of anilines is 1. The van der Waals surface area contributed by atoms with Gasteiger partial charge in [-0.2, -0.15) is 0 Å². The third-order valence-corrected chi connectivity index (χ3v) is 4.59. The third kappa shape index (κ3) is 5.96. The van der Waals surface area contributed by atoms with Crippen molar-refractivity contribution >= 4 is 11.6 Å². The molecule has 2 rings (SSSR count). The van der Waals surface area contributed by atoms with E-state index < -0.39 is 0 Å². The highest BCUT2D eigenvalue weighted by molar-refractivity contribution is 5.91. The summed E-state index contributed by atoms with van der Waals surface area (Å²) in [5.74, 6) is 0.0196. The summed E-state index contributed by atoms with van der Waals surface area (Å²) in [6.07, 6.45) is 7.03. The van der Waals surface area contributed by atoms with Crippen molar-refractivity contribution in [3.05, 3.63) is 29.8 Å². The van der Waals surface area contributed by atoms with Crippen LogP contribution in [0.5, 0.6) is 0 Å². The van der Waals surface area contributed by atoms with Gasteiger partial charge in [0.25, 0.3) is 0 Å². The third-order valence-electron chi connectivity index (χ3n) is 4.59. The fourth-order valence-electron chi connectivity index (χ4n) is 3.22. The van der Waals surface area contributed by atoms with Crippen LogP contribution in [0.15, 0.2) is 24.3 Å².